The number of nitrogens with zero attached hydrogens (tertiary/aromatic N) is 1. The van der Waals surface area contributed by atoms with E-state index < -0.39 is 0 Å². The van der Waals surface area contributed by atoms with Crippen LogP contribution in [-0.4, -0.2) is 50.7 Å². The van der Waals surface area contributed by atoms with Crippen LogP contribution < -0.4 is 14.8 Å². The molecule has 5 nitrogen and oxygen atoms in total. The molecule has 0 spiro atoms. The van der Waals surface area contributed by atoms with E-state index in [0.29, 0.717) is 18.0 Å². The summed E-state index contributed by atoms with van der Waals surface area (Å²) in [5, 5.41) is 2.92. The molecule has 1 aliphatic heterocycles. The molecule has 1 saturated heterocycles. The van der Waals surface area contributed by atoms with Gasteiger partial charge in [0.1, 0.15) is 0 Å². The lowest BCUT2D eigenvalue weighted by atomic mass is 10.1. The zero-order valence-corrected chi connectivity index (χ0v) is 15.3. The fourth-order valence-corrected chi connectivity index (χ4v) is 3.03. The highest BCUT2D eigenvalue weighted by Gasteiger charge is 2.10. The minimum atomic E-state index is -0.101. The second kappa shape index (κ2) is 10.8. The maximum absolute atomic E-state index is 11.9. The quantitative estimate of drug-likeness (QED) is 0.523. The molecule has 0 unspecified atom stereocenters. The van der Waals surface area contributed by atoms with Gasteiger partial charge in [-0.15, -0.1) is 6.58 Å². The number of likely N-dealkylation sites (tertiary alicyclic amines) is 1. The Morgan fingerprint density at radius 3 is 2.80 bits per heavy atom. The Balaban J connectivity index is 1.67. The van der Waals surface area contributed by atoms with Crippen LogP contribution in [0.5, 0.6) is 11.5 Å². The van der Waals surface area contributed by atoms with Gasteiger partial charge in [-0.3, -0.25) is 4.79 Å². The fourth-order valence-electron chi connectivity index (χ4n) is 3.03. The number of allylic oxidation sites excluding steroid dienone is 1. The Hall–Kier alpha value is -2.01. The van der Waals surface area contributed by atoms with Gasteiger partial charge in [-0.05, 0) is 63.0 Å². The van der Waals surface area contributed by atoms with Crippen LogP contribution in [0.25, 0.3) is 0 Å². The second-order valence-corrected chi connectivity index (χ2v) is 6.37. The molecule has 1 aliphatic rings. The van der Waals surface area contributed by atoms with E-state index in [4.69, 9.17) is 9.47 Å². The Labute approximate surface area is 151 Å². The molecule has 0 saturated carbocycles. The Morgan fingerprint density at radius 1 is 1.28 bits per heavy atom. The number of carbonyl (C=O) groups is 1. The van der Waals surface area contributed by atoms with E-state index in [0.717, 1.165) is 24.9 Å². The molecule has 0 bridgehead atoms. The summed E-state index contributed by atoms with van der Waals surface area (Å²) in [5.74, 6) is 1.12. The molecule has 0 aliphatic carbocycles. The molecule has 0 aromatic heterocycles. The molecule has 25 heavy (non-hydrogen) atoms. The lowest BCUT2D eigenvalue weighted by Crippen LogP contribution is -2.34. The smallest absolute Gasteiger partial charge is 0.257 e. The lowest BCUT2D eigenvalue weighted by molar-refractivity contribution is -0.123. The summed E-state index contributed by atoms with van der Waals surface area (Å²) in [5.41, 5.74) is 1.10. The number of carbonyl (C=O) groups excluding carboxylic acids is 1. The monoisotopic (exact) mass is 346 g/mol. The van der Waals surface area contributed by atoms with Gasteiger partial charge >= 0.3 is 0 Å². The topological polar surface area (TPSA) is 50.8 Å². The highest BCUT2D eigenvalue weighted by atomic mass is 16.5. The normalized spacial score (nSPS) is 14.8. The summed E-state index contributed by atoms with van der Waals surface area (Å²) in [6, 6.07) is 5.70. The van der Waals surface area contributed by atoms with E-state index in [1.54, 1.807) is 7.11 Å². The van der Waals surface area contributed by atoms with Crippen LogP contribution in [0.2, 0.25) is 0 Å². The van der Waals surface area contributed by atoms with Crippen molar-refractivity contribution in [1.29, 1.82) is 0 Å². The van der Waals surface area contributed by atoms with Gasteiger partial charge in [-0.2, -0.15) is 0 Å². The highest BCUT2D eigenvalue weighted by molar-refractivity contribution is 5.77. The Morgan fingerprint density at radius 2 is 2.08 bits per heavy atom. The maximum atomic E-state index is 11.9. The lowest BCUT2D eigenvalue weighted by Gasteiger charge is -2.26. The minimum absolute atomic E-state index is 0.000872. The SMILES string of the molecule is C=CCc1ccc(OCC(=O)NCCCN2CCCCC2)c(OC)c1. The van der Waals surface area contributed by atoms with E-state index >= 15 is 0 Å². The first-order chi connectivity index (χ1) is 12.2. The molecule has 0 atom stereocenters. The van der Waals surface area contributed by atoms with Gasteiger partial charge in [-0.25, -0.2) is 0 Å². The van der Waals surface area contributed by atoms with E-state index in [-0.39, 0.29) is 12.5 Å². The van der Waals surface area contributed by atoms with Crippen molar-refractivity contribution in [3.63, 3.8) is 0 Å². The highest BCUT2D eigenvalue weighted by Crippen LogP contribution is 2.28. The van der Waals surface area contributed by atoms with Gasteiger partial charge in [0.2, 0.25) is 0 Å². The van der Waals surface area contributed by atoms with Crippen molar-refractivity contribution in [3.05, 3.63) is 36.4 Å². The minimum Gasteiger partial charge on any atom is -0.493 e. The van der Waals surface area contributed by atoms with Gasteiger partial charge in [0.25, 0.3) is 5.91 Å². The van der Waals surface area contributed by atoms with Crippen molar-refractivity contribution in [3.8, 4) is 11.5 Å². The fraction of sp³-hybridized carbons (Fsp3) is 0.550. The predicted molar refractivity (Wildman–Crippen MR) is 100 cm³/mol. The zero-order valence-electron chi connectivity index (χ0n) is 15.3. The molecule has 1 amide bonds. The van der Waals surface area contributed by atoms with Crippen molar-refractivity contribution in [2.24, 2.45) is 0 Å². The van der Waals surface area contributed by atoms with Crippen LogP contribution in [0.15, 0.2) is 30.9 Å². The average molecular weight is 346 g/mol. The largest absolute Gasteiger partial charge is 0.493 e. The van der Waals surface area contributed by atoms with Crippen LogP contribution in [0, 0.1) is 0 Å². The molecule has 0 radical (unpaired) electrons. The van der Waals surface area contributed by atoms with Crippen LogP contribution in [0.1, 0.15) is 31.2 Å². The maximum Gasteiger partial charge on any atom is 0.257 e. The number of ether oxygens (including phenoxy) is 2. The van der Waals surface area contributed by atoms with Gasteiger partial charge < -0.3 is 19.7 Å². The second-order valence-electron chi connectivity index (χ2n) is 6.37. The number of rotatable bonds is 10. The molecule has 1 N–H and O–H groups in total. The summed E-state index contributed by atoms with van der Waals surface area (Å²) in [6.07, 6.45) is 7.54. The first kappa shape index (κ1) is 19.3. The van der Waals surface area contributed by atoms with Crippen molar-refractivity contribution in [2.45, 2.75) is 32.1 Å². The number of nitrogens with one attached hydrogen (secondary N) is 1. The summed E-state index contributed by atoms with van der Waals surface area (Å²) in [7, 11) is 1.60. The predicted octanol–water partition coefficient (Wildman–Crippen LogP) is 2.79. The van der Waals surface area contributed by atoms with Crippen LogP contribution in [0.4, 0.5) is 0 Å². The molecule has 1 fully saturated rings. The molecule has 2 rings (SSSR count). The van der Waals surface area contributed by atoms with Crippen LogP contribution >= 0.6 is 0 Å². The number of piperidine rings is 1. The van der Waals surface area contributed by atoms with E-state index in [9.17, 15) is 4.79 Å². The zero-order chi connectivity index (χ0) is 17.9. The number of methoxy groups -OCH3 is 1. The molecule has 1 aromatic carbocycles. The Bertz CT molecular complexity index is 554. The number of benzene rings is 1. The average Bonchev–Trinajstić information content (AvgIpc) is 2.65. The number of hydrogen-bond acceptors (Lipinski definition) is 4. The summed E-state index contributed by atoms with van der Waals surface area (Å²) >= 11 is 0. The number of hydrogen-bond donors (Lipinski definition) is 1. The number of amides is 1. The van der Waals surface area contributed by atoms with Gasteiger partial charge in [0.05, 0.1) is 7.11 Å². The van der Waals surface area contributed by atoms with E-state index in [2.05, 4.69) is 16.8 Å². The third kappa shape index (κ3) is 6.78. The van der Waals surface area contributed by atoms with Gasteiger partial charge in [0.15, 0.2) is 18.1 Å². The molecular weight excluding hydrogens is 316 g/mol. The van der Waals surface area contributed by atoms with Gasteiger partial charge in [0, 0.05) is 6.54 Å². The van der Waals surface area contributed by atoms with Crippen molar-refractivity contribution in [1.82, 2.24) is 10.2 Å². The standard InChI is InChI=1S/C20H30N2O3/c1-3-8-17-9-10-18(19(15-17)24-2)25-16-20(23)21-11-7-14-22-12-5-4-6-13-22/h3,9-10,15H,1,4-8,11-14,16H2,2H3,(H,21,23). The molecular formula is C20H30N2O3. The van der Waals surface area contributed by atoms with Gasteiger partial charge in [-0.1, -0.05) is 18.6 Å². The van der Waals surface area contributed by atoms with E-state index in [1.165, 1.54) is 32.4 Å². The summed E-state index contributed by atoms with van der Waals surface area (Å²) in [6.45, 7) is 7.86. The van der Waals surface area contributed by atoms with Crippen molar-refractivity contribution in [2.75, 3.05) is 39.9 Å². The molecule has 1 aromatic rings. The molecule has 5 heteroatoms. The third-order valence-corrected chi connectivity index (χ3v) is 4.39. The summed E-state index contributed by atoms with van der Waals surface area (Å²) in [4.78, 5) is 14.4. The van der Waals surface area contributed by atoms with Crippen LogP contribution in [0.3, 0.4) is 0 Å². The first-order valence-electron chi connectivity index (χ1n) is 9.12. The molecule has 1 heterocycles. The van der Waals surface area contributed by atoms with E-state index in [1.807, 2.05) is 24.3 Å². The van der Waals surface area contributed by atoms with Crippen LogP contribution in [-0.2, 0) is 11.2 Å². The third-order valence-electron chi connectivity index (χ3n) is 4.39. The first-order valence-corrected chi connectivity index (χ1v) is 9.12. The van der Waals surface area contributed by atoms with Crippen molar-refractivity contribution >= 4 is 5.91 Å². The van der Waals surface area contributed by atoms with Crippen molar-refractivity contribution < 1.29 is 14.3 Å². The molecule has 138 valence electrons. The Kier molecular flexibility index (Phi) is 8.32. The summed E-state index contributed by atoms with van der Waals surface area (Å²) < 4.78 is 10.9.